The number of benzene rings is 4. The zero-order valence-electron chi connectivity index (χ0n) is 19.0. The van der Waals surface area contributed by atoms with Crippen LogP contribution in [0.1, 0.15) is 37.8 Å². The lowest BCUT2D eigenvalue weighted by atomic mass is 9.96. The number of rotatable bonds is 7. The van der Waals surface area contributed by atoms with Gasteiger partial charge in [0, 0.05) is 11.1 Å². The van der Waals surface area contributed by atoms with Crippen molar-refractivity contribution in [1.82, 2.24) is 0 Å². The van der Waals surface area contributed by atoms with E-state index >= 15 is 0 Å². The molecule has 4 aromatic carbocycles. The maximum Gasteiger partial charge on any atom is 0.167 e. The summed E-state index contributed by atoms with van der Waals surface area (Å²) in [6.45, 7) is 4.07. The molecule has 0 aliphatic heterocycles. The third-order valence-electron chi connectivity index (χ3n) is 5.99. The molecule has 0 bridgehead atoms. The standard InChI is InChI=1S/C30H27F3/c1-3-5-20-7-9-21(10-8-20)22-11-13-23(14-12-22)25-16-17-26(28(31)19-25)27-18-15-24(6-4-2)29(32)30(27)33/h7-19H,3-6H2,1-2H3. The van der Waals surface area contributed by atoms with Crippen molar-refractivity contribution in [2.45, 2.75) is 39.5 Å². The molecule has 168 valence electrons. The van der Waals surface area contributed by atoms with E-state index in [1.165, 1.54) is 29.8 Å². The van der Waals surface area contributed by atoms with E-state index < -0.39 is 17.5 Å². The molecule has 3 heteroatoms. The van der Waals surface area contributed by atoms with Crippen LogP contribution < -0.4 is 0 Å². The highest BCUT2D eigenvalue weighted by molar-refractivity contribution is 5.74. The number of hydrogen-bond donors (Lipinski definition) is 0. The van der Waals surface area contributed by atoms with Crippen LogP contribution in [0.3, 0.4) is 0 Å². The third kappa shape index (κ3) is 4.88. The third-order valence-corrected chi connectivity index (χ3v) is 5.99. The first-order chi connectivity index (χ1) is 16.0. The molecule has 0 heterocycles. The Morgan fingerprint density at radius 1 is 0.515 bits per heavy atom. The van der Waals surface area contributed by atoms with Crippen molar-refractivity contribution in [3.63, 3.8) is 0 Å². The van der Waals surface area contributed by atoms with E-state index in [2.05, 4.69) is 31.2 Å². The molecule has 0 aromatic heterocycles. The summed E-state index contributed by atoms with van der Waals surface area (Å²) in [6, 6.07) is 24.1. The van der Waals surface area contributed by atoms with Crippen molar-refractivity contribution >= 4 is 0 Å². The second-order valence-electron chi connectivity index (χ2n) is 8.37. The quantitative estimate of drug-likeness (QED) is 0.267. The molecule has 0 saturated carbocycles. The summed E-state index contributed by atoms with van der Waals surface area (Å²) < 4.78 is 43.9. The van der Waals surface area contributed by atoms with Crippen LogP contribution in [0.2, 0.25) is 0 Å². The van der Waals surface area contributed by atoms with Gasteiger partial charge in [-0.15, -0.1) is 0 Å². The maximum absolute atomic E-state index is 14.9. The van der Waals surface area contributed by atoms with Gasteiger partial charge in [0.25, 0.3) is 0 Å². The van der Waals surface area contributed by atoms with Crippen molar-refractivity contribution in [1.29, 1.82) is 0 Å². The monoisotopic (exact) mass is 444 g/mol. The van der Waals surface area contributed by atoms with Crippen LogP contribution in [0.5, 0.6) is 0 Å². The van der Waals surface area contributed by atoms with Gasteiger partial charge in [0.2, 0.25) is 0 Å². The average Bonchev–Trinajstić information content (AvgIpc) is 2.83. The van der Waals surface area contributed by atoms with Crippen LogP contribution in [0.4, 0.5) is 13.2 Å². The molecule has 0 N–H and O–H groups in total. The van der Waals surface area contributed by atoms with Crippen LogP contribution >= 0.6 is 0 Å². The smallest absolute Gasteiger partial charge is 0.167 e. The van der Waals surface area contributed by atoms with Crippen LogP contribution in [-0.2, 0) is 12.8 Å². The van der Waals surface area contributed by atoms with E-state index in [1.807, 2.05) is 31.2 Å². The lowest BCUT2D eigenvalue weighted by Crippen LogP contribution is -1.98. The highest BCUT2D eigenvalue weighted by Crippen LogP contribution is 2.32. The van der Waals surface area contributed by atoms with Gasteiger partial charge in [-0.05, 0) is 52.3 Å². The SMILES string of the molecule is CCCc1ccc(-c2ccc(-c3ccc(-c4ccc(CCC)c(F)c4F)c(F)c3)cc2)cc1. The van der Waals surface area contributed by atoms with Crippen LogP contribution in [-0.4, -0.2) is 0 Å². The van der Waals surface area contributed by atoms with Crippen molar-refractivity contribution in [3.05, 3.63) is 107 Å². The Kier molecular flexibility index (Phi) is 6.98. The van der Waals surface area contributed by atoms with Gasteiger partial charge in [-0.3, -0.25) is 0 Å². The zero-order chi connectivity index (χ0) is 23.4. The number of hydrogen-bond acceptors (Lipinski definition) is 0. The summed E-state index contributed by atoms with van der Waals surface area (Å²) in [4.78, 5) is 0. The fourth-order valence-corrected chi connectivity index (χ4v) is 4.18. The molecule has 0 atom stereocenters. The van der Waals surface area contributed by atoms with Crippen LogP contribution in [0.15, 0.2) is 78.9 Å². The first-order valence-corrected chi connectivity index (χ1v) is 11.5. The van der Waals surface area contributed by atoms with Gasteiger partial charge in [0.15, 0.2) is 11.6 Å². The van der Waals surface area contributed by atoms with E-state index in [-0.39, 0.29) is 11.1 Å². The first kappa shape index (κ1) is 22.8. The Labute approximate surface area is 193 Å². The van der Waals surface area contributed by atoms with Gasteiger partial charge in [0.05, 0.1) is 0 Å². The van der Waals surface area contributed by atoms with E-state index in [0.717, 1.165) is 29.5 Å². The van der Waals surface area contributed by atoms with Gasteiger partial charge < -0.3 is 0 Å². The second-order valence-corrected chi connectivity index (χ2v) is 8.37. The lowest BCUT2D eigenvalue weighted by molar-refractivity contribution is 0.499. The van der Waals surface area contributed by atoms with E-state index in [9.17, 15) is 13.2 Å². The van der Waals surface area contributed by atoms with Gasteiger partial charge >= 0.3 is 0 Å². The second kappa shape index (κ2) is 10.1. The summed E-state index contributed by atoms with van der Waals surface area (Å²) in [7, 11) is 0. The molecule has 0 aliphatic rings. The largest absolute Gasteiger partial charge is 0.206 e. The summed E-state index contributed by atoms with van der Waals surface area (Å²) in [5, 5.41) is 0. The first-order valence-electron chi connectivity index (χ1n) is 11.5. The average molecular weight is 445 g/mol. The summed E-state index contributed by atoms with van der Waals surface area (Å²) >= 11 is 0. The Bertz CT molecular complexity index is 1240. The molecular formula is C30H27F3. The predicted molar refractivity (Wildman–Crippen MR) is 131 cm³/mol. The molecule has 0 radical (unpaired) electrons. The van der Waals surface area contributed by atoms with Crippen LogP contribution in [0.25, 0.3) is 33.4 Å². The van der Waals surface area contributed by atoms with Gasteiger partial charge in [-0.25, -0.2) is 13.2 Å². The van der Waals surface area contributed by atoms with Gasteiger partial charge in [-0.1, -0.05) is 99.5 Å². The molecule has 0 saturated heterocycles. The summed E-state index contributed by atoms with van der Waals surface area (Å²) in [5.74, 6) is -2.47. The molecule has 0 aliphatic carbocycles. The molecule has 0 spiro atoms. The topological polar surface area (TPSA) is 0 Å². The molecule has 0 nitrogen and oxygen atoms in total. The molecule has 33 heavy (non-hydrogen) atoms. The van der Waals surface area contributed by atoms with Gasteiger partial charge in [-0.2, -0.15) is 0 Å². The van der Waals surface area contributed by atoms with Crippen molar-refractivity contribution in [3.8, 4) is 33.4 Å². The molecule has 0 fully saturated rings. The zero-order valence-corrected chi connectivity index (χ0v) is 19.0. The van der Waals surface area contributed by atoms with Crippen molar-refractivity contribution in [2.24, 2.45) is 0 Å². The summed E-state index contributed by atoms with van der Waals surface area (Å²) in [5.41, 5.74) is 5.40. The lowest BCUT2D eigenvalue weighted by Gasteiger charge is -2.11. The number of aryl methyl sites for hydroxylation is 2. The molecular weight excluding hydrogens is 417 g/mol. The minimum Gasteiger partial charge on any atom is -0.206 e. The van der Waals surface area contributed by atoms with Crippen molar-refractivity contribution in [2.75, 3.05) is 0 Å². The Morgan fingerprint density at radius 2 is 1.03 bits per heavy atom. The van der Waals surface area contributed by atoms with E-state index in [1.54, 1.807) is 6.07 Å². The minimum absolute atomic E-state index is 0.0572. The number of halogens is 3. The Morgan fingerprint density at radius 3 is 1.61 bits per heavy atom. The van der Waals surface area contributed by atoms with E-state index in [4.69, 9.17) is 0 Å². The minimum atomic E-state index is -0.998. The van der Waals surface area contributed by atoms with Crippen molar-refractivity contribution < 1.29 is 13.2 Å². The molecule has 0 amide bonds. The fraction of sp³-hybridized carbons (Fsp3) is 0.200. The molecule has 0 unspecified atom stereocenters. The maximum atomic E-state index is 14.9. The Balaban J connectivity index is 1.59. The highest BCUT2D eigenvalue weighted by Gasteiger charge is 2.17. The van der Waals surface area contributed by atoms with Crippen LogP contribution in [0, 0.1) is 17.5 Å². The normalized spacial score (nSPS) is 11.1. The van der Waals surface area contributed by atoms with E-state index in [0.29, 0.717) is 24.0 Å². The molecule has 4 aromatic rings. The fourth-order valence-electron chi connectivity index (χ4n) is 4.18. The molecule has 4 rings (SSSR count). The summed E-state index contributed by atoms with van der Waals surface area (Å²) in [6.07, 6.45) is 3.35. The van der Waals surface area contributed by atoms with Gasteiger partial charge in [0.1, 0.15) is 5.82 Å². The Hall–Kier alpha value is -3.33. The predicted octanol–water partition coefficient (Wildman–Crippen LogP) is 9.01. The highest BCUT2D eigenvalue weighted by atomic mass is 19.2.